The van der Waals surface area contributed by atoms with Crippen LogP contribution in [0.3, 0.4) is 0 Å². The molecule has 1 aliphatic heterocycles. The summed E-state index contributed by atoms with van der Waals surface area (Å²) in [5.41, 5.74) is 1.79. The minimum Gasteiger partial charge on any atom is -0.457 e. The van der Waals surface area contributed by atoms with Gasteiger partial charge in [0.25, 0.3) is 0 Å². The van der Waals surface area contributed by atoms with E-state index in [-0.39, 0.29) is 5.82 Å². The van der Waals surface area contributed by atoms with Crippen molar-refractivity contribution < 1.29 is 9.13 Å². The Morgan fingerprint density at radius 3 is 2.45 bits per heavy atom. The molecule has 0 N–H and O–H groups in total. The van der Waals surface area contributed by atoms with Gasteiger partial charge in [-0.2, -0.15) is 0 Å². The van der Waals surface area contributed by atoms with Crippen LogP contribution in [-0.4, -0.2) is 25.0 Å². The average molecular weight is 299 g/mol. The minimum atomic E-state index is -0.228. The Morgan fingerprint density at radius 1 is 1.00 bits per heavy atom. The first-order valence-corrected chi connectivity index (χ1v) is 7.85. The Labute approximate surface area is 131 Å². The quantitative estimate of drug-likeness (QED) is 0.812. The van der Waals surface area contributed by atoms with Crippen LogP contribution < -0.4 is 4.74 Å². The zero-order chi connectivity index (χ0) is 15.5. The van der Waals surface area contributed by atoms with Gasteiger partial charge in [0, 0.05) is 5.56 Å². The molecule has 0 spiro atoms. The summed E-state index contributed by atoms with van der Waals surface area (Å²) < 4.78 is 19.7. The van der Waals surface area contributed by atoms with E-state index in [1.807, 2.05) is 18.2 Å². The van der Waals surface area contributed by atoms with Crippen molar-refractivity contribution in [3.8, 4) is 11.5 Å². The number of hydrogen-bond donors (Lipinski definition) is 0. The number of halogens is 1. The van der Waals surface area contributed by atoms with E-state index >= 15 is 0 Å². The van der Waals surface area contributed by atoms with E-state index in [2.05, 4.69) is 24.1 Å². The van der Waals surface area contributed by atoms with E-state index in [1.54, 1.807) is 13.0 Å². The number of nitrogens with zero attached hydrogens (tertiary/aromatic N) is 1. The van der Waals surface area contributed by atoms with Gasteiger partial charge in [-0.05, 0) is 69.6 Å². The molecule has 1 aliphatic rings. The zero-order valence-electron chi connectivity index (χ0n) is 13.2. The van der Waals surface area contributed by atoms with E-state index in [0.717, 1.165) is 31.7 Å². The lowest BCUT2D eigenvalue weighted by molar-refractivity contribution is 0.253. The van der Waals surface area contributed by atoms with Crippen LogP contribution in [0.25, 0.3) is 0 Å². The molecule has 2 aromatic carbocycles. The summed E-state index contributed by atoms with van der Waals surface area (Å²) in [5.74, 6) is 1.74. The number of piperidine rings is 1. The van der Waals surface area contributed by atoms with Crippen LogP contribution in [0.5, 0.6) is 11.5 Å². The predicted octanol–water partition coefficient (Wildman–Crippen LogP) is 4.74. The van der Waals surface area contributed by atoms with E-state index in [0.29, 0.717) is 17.2 Å². The second kappa shape index (κ2) is 6.49. The van der Waals surface area contributed by atoms with Crippen molar-refractivity contribution >= 4 is 0 Å². The third-order valence-electron chi connectivity index (χ3n) is 4.52. The first kappa shape index (κ1) is 15.0. The maximum Gasteiger partial charge on any atom is 0.133 e. The lowest BCUT2D eigenvalue weighted by Gasteiger charge is -2.30. The van der Waals surface area contributed by atoms with Gasteiger partial charge in [0.1, 0.15) is 17.3 Å². The SMILES string of the molecule is Cc1c(F)cccc1Oc1ccccc1C1CCN(C)CC1. The lowest BCUT2D eigenvalue weighted by Crippen LogP contribution is -2.29. The highest BCUT2D eigenvalue weighted by Gasteiger charge is 2.21. The van der Waals surface area contributed by atoms with Gasteiger partial charge in [-0.25, -0.2) is 4.39 Å². The van der Waals surface area contributed by atoms with Crippen molar-refractivity contribution in [2.45, 2.75) is 25.7 Å². The molecule has 0 saturated carbocycles. The molecule has 0 bridgehead atoms. The number of hydrogen-bond acceptors (Lipinski definition) is 2. The number of ether oxygens (including phenoxy) is 1. The minimum absolute atomic E-state index is 0.228. The average Bonchev–Trinajstić information content (AvgIpc) is 2.53. The predicted molar refractivity (Wildman–Crippen MR) is 87.1 cm³/mol. The summed E-state index contributed by atoms with van der Waals surface area (Å²) in [6, 6.07) is 13.1. The second-order valence-electron chi connectivity index (χ2n) is 6.08. The molecule has 1 fully saturated rings. The Morgan fingerprint density at radius 2 is 1.68 bits per heavy atom. The maximum atomic E-state index is 13.7. The van der Waals surface area contributed by atoms with Crippen LogP contribution in [0.4, 0.5) is 4.39 Å². The Hall–Kier alpha value is -1.87. The smallest absolute Gasteiger partial charge is 0.133 e. The van der Waals surface area contributed by atoms with Crippen LogP contribution in [0.2, 0.25) is 0 Å². The van der Waals surface area contributed by atoms with Gasteiger partial charge in [0.05, 0.1) is 0 Å². The first-order valence-electron chi connectivity index (χ1n) is 7.85. The van der Waals surface area contributed by atoms with Crippen molar-refractivity contribution in [2.75, 3.05) is 20.1 Å². The van der Waals surface area contributed by atoms with Gasteiger partial charge in [-0.15, -0.1) is 0 Å². The molecule has 1 saturated heterocycles. The molecule has 0 aliphatic carbocycles. The summed E-state index contributed by atoms with van der Waals surface area (Å²) in [6.45, 7) is 3.97. The highest BCUT2D eigenvalue weighted by Crippen LogP contribution is 2.36. The van der Waals surface area contributed by atoms with E-state index < -0.39 is 0 Å². The van der Waals surface area contributed by atoms with Gasteiger partial charge in [-0.3, -0.25) is 0 Å². The van der Waals surface area contributed by atoms with Crippen molar-refractivity contribution in [2.24, 2.45) is 0 Å². The summed E-state index contributed by atoms with van der Waals surface area (Å²) in [7, 11) is 2.16. The van der Waals surface area contributed by atoms with E-state index in [1.165, 1.54) is 11.6 Å². The fourth-order valence-corrected chi connectivity index (χ4v) is 3.05. The molecule has 2 nitrogen and oxygen atoms in total. The van der Waals surface area contributed by atoms with Crippen LogP contribution in [0, 0.1) is 12.7 Å². The Balaban J connectivity index is 1.87. The van der Waals surface area contributed by atoms with Crippen LogP contribution >= 0.6 is 0 Å². The monoisotopic (exact) mass is 299 g/mol. The van der Waals surface area contributed by atoms with Crippen molar-refractivity contribution in [3.05, 3.63) is 59.4 Å². The fourth-order valence-electron chi connectivity index (χ4n) is 3.05. The standard InChI is InChI=1S/C19H22FNO/c1-14-17(20)7-5-9-18(14)22-19-8-4-3-6-16(19)15-10-12-21(2)13-11-15/h3-9,15H,10-13H2,1-2H3. The highest BCUT2D eigenvalue weighted by atomic mass is 19.1. The molecule has 116 valence electrons. The number of benzene rings is 2. The molecule has 0 unspecified atom stereocenters. The zero-order valence-corrected chi connectivity index (χ0v) is 13.2. The number of likely N-dealkylation sites (tertiary alicyclic amines) is 1. The molecule has 3 rings (SSSR count). The summed E-state index contributed by atoms with van der Waals surface area (Å²) in [4.78, 5) is 2.36. The molecule has 0 aromatic heterocycles. The van der Waals surface area contributed by atoms with E-state index in [9.17, 15) is 4.39 Å². The van der Waals surface area contributed by atoms with Gasteiger partial charge < -0.3 is 9.64 Å². The van der Waals surface area contributed by atoms with Gasteiger partial charge >= 0.3 is 0 Å². The maximum absolute atomic E-state index is 13.7. The summed E-state index contributed by atoms with van der Waals surface area (Å²) >= 11 is 0. The van der Waals surface area contributed by atoms with Gasteiger partial charge in [-0.1, -0.05) is 24.3 Å². The normalized spacial score (nSPS) is 16.7. The molecular weight excluding hydrogens is 277 g/mol. The third-order valence-corrected chi connectivity index (χ3v) is 4.52. The van der Waals surface area contributed by atoms with E-state index in [4.69, 9.17) is 4.74 Å². The van der Waals surface area contributed by atoms with Crippen molar-refractivity contribution in [1.29, 1.82) is 0 Å². The molecule has 2 aromatic rings. The highest BCUT2D eigenvalue weighted by molar-refractivity contribution is 5.43. The molecule has 22 heavy (non-hydrogen) atoms. The molecule has 0 amide bonds. The topological polar surface area (TPSA) is 12.5 Å². The van der Waals surface area contributed by atoms with Crippen LogP contribution in [0.15, 0.2) is 42.5 Å². The van der Waals surface area contributed by atoms with Gasteiger partial charge in [0.15, 0.2) is 0 Å². The molecule has 0 atom stereocenters. The van der Waals surface area contributed by atoms with Gasteiger partial charge in [0.2, 0.25) is 0 Å². The molecule has 3 heteroatoms. The Bertz CT molecular complexity index is 648. The van der Waals surface area contributed by atoms with Crippen molar-refractivity contribution in [3.63, 3.8) is 0 Å². The number of para-hydroxylation sites is 1. The first-order chi connectivity index (χ1) is 10.6. The van der Waals surface area contributed by atoms with Crippen molar-refractivity contribution in [1.82, 2.24) is 4.90 Å². The van der Waals surface area contributed by atoms with Crippen LogP contribution in [-0.2, 0) is 0 Å². The molecule has 1 heterocycles. The van der Waals surface area contributed by atoms with Crippen LogP contribution in [0.1, 0.15) is 29.9 Å². The lowest BCUT2D eigenvalue weighted by atomic mass is 9.89. The molecular formula is C19H22FNO. The third kappa shape index (κ3) is 3.14. The summed E-state index contributed by atoms with van der Waals surface area (Å²) in [5, 5.41) is 0. The molecule has 0 radical (unpaired) electrons. The number of rotatable bonds is 3. The summed E-state index contributed by atoms with van der Waals surface area (Å²) in [6.07, 6.45) is 2.28. The largest absolute Gasteiger partial charge is 0.457 e. The second-order valence-corrected chi connectivity index (χ2v) is 6.08. The Kier molecular flexibility index (Phi) is 4.44. The fraction of sp³-hybridized carbons (Fsp3) is 0.368.